The van der Waals surface area contributed by atoms with Crippen LogP contribution in [0.2, 0.25) is 5.02 Å². The molecule has 1 unspecified atom stereocenters. The molecular weight excluding hydrogens is 294 g/mol. The first-order chi connectivity index (χ1) is 9.85. The van der Waals surface area contributed by atoms with Gasteiger partial charge in [-0.25, -0.2) is 0 Å². The molecule has 0 saturated carbocycles. The van der Waals surface area contributed by atoms with Gasteiger partial charge in [0.15, 0.2) is 11.9 Å². The number of oxime groups is 1. The number of rotatable bonds is 6. The van der Waals surface area contributed by atoms with Gasteiger partial charge in [0, 0.05) is 11.1 Å². The minimum atomic E-state index is -0.711. The lowest BCUT2D eigenvalue weighted by Crippen LogP contribution is -2.48. The average molecular weight is 314 g/mol. The Morgan fingerprint density at radius 1 is 1.48 bits per heavy atom. The number of amides is 1. The zero-order valence-corrected chi connectivity index (χ0v) is 13.0. The lowest BCUT2D eigenvalue weighted by molar-refractivity contribution is -0.138. The second kappa shape index (κ2) is 7.73. The van der Waals surface area contributed by atoms with Crippen molar-refractivity contribution in [2.45, 2.75) is 32.9 Å². The Balaban J connectivity index is 2.78. The van der Waals surface area contributed by atoms with Gasteiger partial charge in [0.2, 0.25) is 0 Å². The predicted octanol–water partition coefficient (Wildman–Crippen LogP) is 2.09. The van der Waals surface area contributed by atoms with Crippen LogP contribution in [-0.2, 0) is 4.79 Å². The molecular formula is C14H20ClN3O3. The Kier molecular flexibility index (Phi) is 6.30. The van der Waals surface area contributed by atoms with Crippen LogP contribution in [0, 0.1) is 0 Å². The summed E-state index contributed by atoms with van der Waals surface area (Å²) in [5.74, 6) is 0.222. The van der Waals surface area contributed by atoms with Crippen molar-refractivity contribution in [3.8, 4) is 5.75 Å². The fourth-order valence-electron chi connectivity index (χ4n) is 1.75. The highest BCUT2D eigenvalue weighted by molar-refractivity contribution is 6.30. The van der Waals surface area contributed by atoms with Gasteiger partial charge < -0.3 is 20.6 Å². The van der Waals surface area contributed by atoms with Gasteiger partial charge in [-0.3, -0.25) is 4.79 Å². The standard InChI is InChI=1S/C14H20ClN3O3/c1-9(2)18(8-13(16)17-20)14(19)10(3)21-12-6-4-5-11(15)7-12/h4-7,9-10,20H,8H2,1-3H3,(H2,16,17). The Morgan fingerprint density at radius 3 is 2.67 bits per heavy atom. The van der Waals surface area contributed by atoms with E-state index in [1.54, 1.807) is 31.2 Å². The molecule has 0 radical (unpaired) electrons. The molecule has 1 atom stereocenters. The van der Waals surface area contributed by atoms with E-state index in [2.05, 4.69) is 5.16 Å². The van der Waals surface area contributed by atoms with Gasteiger partial charge >= 0.3 is 0 Å². The fourth-order valence-corrected chi connectivity index (χ4v) is 1.93. The minimum absolute atomic E-state index is 0.0352. The molecule has 0 heterocycles. The first-order valence-electron chi connectivity index (χ1n) is 6.54. The molecule has 1 amide bonds. The number of nitrogens with zero attached hydrogens (tertiary/aromatic N) is 2. The van der Waals surface area contributed by atoms with Crippen molar-refractivity contribution < 1.29 is 14.7 Å². The number of amidine groups is 1. The van der Waals surface area contributed by atoms with Crippen molar-refractivity contribution in [1.82, 2.24) is 4.90 Å². The number of halogens is 1. The van der Waals surface area contributed by atoms with E-state index in [0.717, 1.165) is 0 Å². The molecule has 0 aromatic heterocycles. The molecule has 1 aromatic carbocycles. The van der Waals surface area contributed by atoms with Gasteiger partial charge in [-0.05, 0) is 39.0 Å². The summed E-state index contributed by atoms with van der Waals surface area (Å²) in [5.41, 5.74) is 5.47. The molecule has 6 nitrogen and oxygen atoms in total. The number of nitrogens with two attached hydrogens (primary N) is 1. The maximum absolute atomic E-state index is 12.4. The number of benzene rings is 1. The summed E-state index contributed by atoms with van der Waals surface area (Å²) in [7, 11) is 0. The van der Waals surface area contributed by atoms with E-state index in [1.807, 2.05) is 13.8 Å². The van der Waals surface area contributed by atoms with Crippen LogP contribution in [0.1, 0.15) is 20.8 Å². The predicted molar refractivity (Wildman–Crippen MR) is 81.8 cm³/mol. The van der Waals surface area contributed by atoms with Crippen molar-refractivity contribution in [3.05, 3.63) is 29.3 Å². The summed E-state index contributed by atoms with van der Waals surface area (Å²) in [6.07, 6.45) is -0.711. The Morgan fingerprint density at radius 2 is 2.14 bits per heavy atom. The number of hydrogen-bond acceptors (Lipinski definition) is 4. The van der Waals surface area contributed by atoms with Gasteiger partial charge in [-0.15, -0.1) is 0 Å². The van der Waals surface area contributed by atoms with Crippen molar-refractivity contribution in [2.75, 3.05) is 6.54 Å². The van der Waals surface area contributed by atoms with Crippen molar-refractivity contribution in [3.63, 3.8) is 0 Å². The highest BCUT2D eigenvalue weighted by Crippen LogP contribution is 2.19. The molecule has 0 aliphatic carbocycles. The third kappa shape index (κ3) is 5.15. The molecule has 0 aliphatic heterocycles. The summed E-state index contributed by atoms with van der Waals surface area (Å²) < 4.78 is 5.58. The Hall–Kier alpha value is -1.95. The van der Waals surface area contributed by atoms with E-state index in [-0.39, 0.29) is 24.3 Å². The maximum Gasteiger partial charge on any atom is 0.263 e. The highest BCUT2D eigenvalue weighted by Gasteiger charge is 2.25. The Labute approximate surface area is 129 Å². The number of ether oxygens (including phenoxy) is 1. The summed E-state index contributed by atoms with van der Waals surface area (Å²) in [6, 6.07) is 6.71. The first-order valence-corrected chi connectivity index (χ1v) is 6.92. The zero-order chi connectivity index (χ0) is 16.0. The molecule has 0 aliphatic rings. The van der Waals surface area contributed by atoms with Gasteiger partial charge in [-0.1, -0.05) is 22.8 Å². The van der Waals surface area contributed by atoms with Gasteiger partial charge in [-0.2, -0.15) is 0 Å². The van der Waals surface area contributed by atoms with Crippen LogP contribution in [0.5, 0.6) is 5.75 Å². The molecule has 3 N–H and O–H groups in total. The van der Waals surface area contributed by atoms with E-state index < -0.39 is 6.10 Å². The molecule has 116 valence electrons. The summed E-state index contributed by atoms with van der Waals surface area (Å²) in [6.45, 7) is 5.37. The lowest BCUT2D eigenvalue weighted by Gasteiger charge is -2.29. The molecule has 0 spiro atoms. The van der Waals surface area contributed by atoms with Crippen LogP contribution >= 0.6 is 11.6 Å². The molecule has 0 fully saturated rings. The maximum atomic E-state index is 12.4. The largest absolute Gasteiger partial charge is 0.481 e. The molecule has 7 heteroatoms. The van der Waals surface area contributed by atoms with E-state index in [0.29, 0.717) is 10.8 Å². The van der Waals surface area contributed by atoms with E-state index in [1.165, 1.54) is 4.90 Å². The van der Waals surface area contributed by atoms with Crippen molar-refractivity contribution in [2.24, 2.45) is 10.9 Å². The third-order valence-corrected chi connectivity index (χ3v) is 3.06. The van der Waals surface area contributed by atoms with Crippen LogP contribution in [0.4, 0.5) is 0 Å². The SMILES string of the molecule is CC(Oc1cccc(Cl)c1)C(=O)N(CC(N)=NO)C(C)C. The topological polar surface area (TPSA) is 88.2 Å². The quantitative estimate of drug-likeness (QED) is 0.364. The average Bonchev–Trinajstić information content (AvgIpc) is 2.43. The fraction of sp³-hybridized carbons (Fsp3) is 0.429. The van der Waals surface area contributed by atoms with Crippen LogP contribution in [0.3, 0.4) is 0 Å². The van der Waals surface area contributed by atoms with Crippen LogP contribution in [-0.4, -0.2) is 40.5 Å². The van der Waals surface area contributed by atoms with E-state index in [4.69, 9.17) is 27.3 Å². The number of carbonyl (C=O) groups is 1. The van der Waals surface area contributed by atoms with Gasteiger partial charge in [0.05, 0.1) is 6.54 Å². The minimum Gasteiger partial charge on any atom is -0.481 e. The highest BCUT2D eigenvalue weighted by atomic mass is 35.5. The Bertz CT molecular complexity index is 520. The van der Waals surface area contributed by atoms with Crippen LogP contribution in [0.15, 0.2) is 29.4 Å². The summed E-state index contributed by atoms with van der Waals surface area (Å²) in [5, 5.41) is 12.1. The second-order valence-electron chi connectivity index (χ2n) is 4.87. The van der Waals surface area contributed by atoms with Crippen LogP contribution < -0.4 is 10.5 Å². The smallest absolute Gasteiger partial charge is 0.263 e. The number of carbonyl (C=O) groups excluding carboxylic acids is 1. The monoisotopic (exact) mass is 313 g/mol. The third-order valence-electron chi connectivity index (χ3n) is 2.82. The van der Waals surface area contributed by atoms with Crippen molar-refractivity contribution in [1.29, 1.82) is 0 Å². The van der Waals surface area contributed by atoms with Crippen LogP contribution in [0.25, 0.3) is 0 Å². The molecule has 1 aromatic rings. The lowest BCUT2D eigenvalue weighted by atomic mass is 10.2. The number of hydrogen-bond donors (Lipinski definition) is 2. The molecule has 0 bridgehead atoms. The molecule has 1 rings (SSSR count). The summed E-state index contributed by atoms with van der Waals surface area (Å²) >= 11 is 5.87. The second-order valence-corrected chi connectivity index (χ2v) is 5.31. The zero-order valence-electron chi connectivity index (χ0n) is 12.3. The van der Waals surface area contributed by atoms with E-state index in [9.17, 15) is 4.79 Å². The normalized spacial score (nSPS) is 13.1. The van der Waals surface area contributed by atoms with Crippen molar-refractivity contribution >= 4 is 23.3 Å². The first kappa shape index (κ1) is 17.1. The van der Waals surface area contributed by atoms with E-state index >= 15 is 0 Å². The van der Waals surface area contributed by atoms with Gasteiger partial charge in [0.25, 0.3) is 5.91 Å². The van der Waals surface area contributed by atoms with Gasteiger partial charge in [0.1, 0.15) is 5.75 Å². The summed E-state index contributed by atoms with van der Waals surface area (Å²) in [4.78, 5) is 13.9. The molecule has 21 heavy (non-hydrogen) atoms. The molecule has 0 saturated heterocycles.